The third-order valence-electron chi connectivity index (χ3n) is 2.11. The second-order valence-corrected chi connectivity index (χ2v) is 3.94. The number of hydrogen-bond acceptors (Lipinski definition) is 4. The van der Waals surface area contributed by atoms with Crippen LogP contribution in [0.5, 0.6) is 0 Å². The van der Waals surface area contributed by atoms with E-state index < -0.39 is 11.6 Å². The number of nitrogens with zero attached hydrogens (tertiary/aromatic N) is 2. The number of aromatic nitrogens is 2. The highest BCUT2D eigenvalue weighted by Crippen LogP contribution is 2.19. The summed E-state index contributed by atoms with van der Waals surface area (Å²) in [6.45, 7) is 1.85. The normalized spacial score (nSPS) is 10.4. The van der Waals surface area contributed by atoms with Gasteiger partial charge in [0.25, 0.3) is 0 Å². The average Bonchev–Trinajstić information content (AvgIpc) is 2.74. The summed E-state index contributed by atoms with van der Waals surface area (Å²) in [5.41, 5.74) is 1.12. The van der Waals surface area contributed by atoms with E-state index in [1.807, 2.05) is 0 Å². The van der Waals surface area contributed by atoms with Crippen LogP contribution in [0.3, 0.4) is 0 Å². The number of benzene rings is 1. The van der Waals surface area contributed by atoms with Gasteiger partial charge >= 0.3 is 0 Å². The molecule has 0 aliphatic rings. The molecular weight excluding hydrogens is 232 g/mol. The first-order valence-electron chi connectivity index (χ1n) is 4.62. The van der Waals surface area contributed by atoms with Gasteiger partial charge in [-0.15, -0.1) is 5.10 Å². The first-order chi connectivity index (χ1) is 7.66. The maximum absolute atomic E-state index is 13.4. The van der Waals surface area contributed by atoms with E-state index in [1.165, 1.54) is 18.5 Å². The Hall–Kier alpha value is -1.56. The van der Waals surface area contributed by atoms with E-state index in [0.717, 1.165) is 12.1 Å². The molecule has 0 spiro atoms. The van der Waals surface area contributed by atoms with Crippen LogP contribution >= 0.6 is 11.5 Å². The fraction of sp³-hybridized carbons (Fsp3) is 0.200. The Kier molecular flexibility index (Phi) is 3.09. The van der Waals surface area contributed by atoms with E-state index in [0.29, 0.717) is 17.8 Å². The predicted molar refractivity (Wildman–Crippen MR) is 58.3 cm³/mol. The van der Waals surface area contributed by atoms with Gasteiger partial charge in [-0.1, -0.05) is 4.49 Å². The molecule has 0 atom stereocenters. The van der Waals surface area contributed by atoms with Crippen molar-refractivity contribution in [1.82, 2.24) is 9.59 Å². The molecule has 1 aromatic heterocycles. The van der Waals surface area contributed by atoms with Crippen LogP contribution in [0.15, 0.2) is 17.5 Å². The van der Waals surface area contributed by atoms with Crippen molar-refractivity contribution in [3.8, 4) is 0 Å². The number of hydrogen-bond donors (Lipinski definition) is 1. The summed E-state index contributed by atoms with van der Waals surface area (Å²) in [4.78, 5) is 0. The molecule has 1 aromatic carbocycles. The lowest BCUT2D eigenvalue weighted by Gasteiger charge is -2.07. The summed E-state index contributed by atoms with van der Waals surface area (Å²) < 4.78 is 30.3. The Morgan fingerprint density at radius 1 is 1.31 bits per heavy atom. The van der Waals surface area contributed by atoms with Gasteiger partial charge in [0, 0.05) is 11.4 Å². The maximum atomic E-state index is 13.4. The Labute approximate surface area is 95.3 Å². The van der Waals surface area contributed by atoms with Gasteiger partial charge in [0.05, 0.1) is 17.9 Å². The molecule has 3 nitrogen and oxygen atoms in total. The van der Waals surface area contributed by atoms with E-state index in [2.05, 4.69) is 14.9 Å². The zero-order chi connectivity index (χ0) is 11.5. The zero-order valence-electron chi connectivity index (χ0n) is 8.50. The average molecular weight is 241 g/mol. The van der Waals surface area contributed by atoms with E-state index in [4.69, 9.17) is 0 Å². The van der Waals surface area contributed by atoms with Gasteiger partial charge < -0.3 is 5.32 Å². The summed E-state index contributed by atoms with van der Waals surface area (Å²) in [6, 6.07) is 2.31. The summed E-state index contributed by atoms with van der Waals surface area (Å²) in [5.74, 6) is -0.901. The van der Waals surface area contributed by atoms with E-state index in [-0.39, 0.29) is 5.69 Å². The topological polar surface area (TPSA) is 37.8 Å². The minimum absolute atomic E-state index is 0.135. The van der Waals surface area contributed by atoms with Gasteiger partial charge in [-0.2, -0.15) is 0 Å². The molecule has 16 heavy (non-hydrogen) atoms. The van der Waals surface area contributed by atoms with Crippen LogP contribution in [0.2, 0.25) is 0 Å². The molecule has 0 amide bonds. The minimum Gasteiger partial charge on any atom is -0.377 e. The van der Waals surface area contributed by atoms with Crippen molar-refractivity contribution >= 4 is 17.2 Å². The second kappa shape index (κ2) is 4.52. The van der Waals surface area contributed by atoms with Crippen molar-refractivity contribution in [2.45, 2.75) is 13.5 Å². The summed E-state index contributed by atoms with van der Waals surface area (Å²) >= 11 is 1.22. The van der Waals surface area contributed by atoms with Gasteiger partial charge in [0.15, 0.2) is 0 Å². The summed E-state index contributed by atoms with van der Waals surface area (Å²) in [5, 5.41) is 8.31. The molecule has 0 saturated carbocycles. The molecule has 1 heterocycles. The highest BCUT2D eigenvalue weighted by molar-refractivity contribution is 7.03. The van der Waals surface area contributed by atoms with Crippen LogP contribution in [0.4, 0.5) is 14.5 Å². The van der Waals surface area contributed by atoms with Crippen molar-refractivity contribution in [3.63, 3.8) is 0 Å². The number of rotatable bonds is 3. The number of nitrogens with one attached hydrogen (secondary N) is 1. The third kappa shape index (κ3) is 2.33. The van der Waals surface area contributed by atoms with Gasteiger partial charge in [-0.05, 0) is 30.1 Å². The molecule has 6 heteroatoms. The monoisotopic (exact) mass is 241 g/mol. The first kappa shape index (κ1) is 10.9. The first-order valence-corrected chi connectivity index (χ1v) is 5.46. The van der Waals surface area contributed by atoms with Gasteiger partial charge in [-0.25, -0.2) is 8.78 Å². The molecule has 1 N–H and O–H groups in total. The lowest BCUT2D eigenvalue weighted by molar-refractivity contribution is 0.594. The smallest absolute Gasteiger partial charge is 0.146 e. The molecule has 0 fully saturated rings. The number of anilines is 1. The van der Waals surface area contributed by atoms with Crippen LogP contribution in [-0.2, 0) is 6.54 Å². The molecule has 0 aliphatic heterocycles. The van der Waals surface area contributed by atoms with E-state index in [9.17, 15) is 8.78 Å². The van der Waals surface area contributed by atoms with E-state index >= 15 is 0 Å². The lowest BCUT2D eigenvalue weighted by Crippen LogP contribution is -2.03. The van der Waals surface area contributed by atoms with Crippen LogP contribution in [0, 0.1) is 18.6 Å². The molecular formula is C10H9F2N3S. The summed E-state index contributed by atoms with van der Waals surface area (Å²) in [6.07, 6.45) is 0. The fourth-order valence-corrected chi connectivity index (χ4v) is 1.68. The molecule has 0 saturated heterocycles. The van der Waals surface area contributed by atoms with Crippen molar-refractivity contribution in [3.05, 3.63) is 40.4 Å². The van der Waals surface area contributed by atoms with Gasteiger partial charge in [-0.3, -0.25) is 0 Å². The molecule has 2 aromatic rings. The minimum atomic E-state index is -0.470. The third-order valence-corrected chi connectivity index (χ3v) is 2.67. The van der Waals surface area contributed by atoms with Crippen molar-refractivity contribution in [2.24, 2.45) is 0 Å². The highest BCUT2D eigenvalue weighted by atomic mass is 32.1. The number of halogens is 2. The standard InChI is InChI=1S/C10H9F2N3S/c1-6-2-9(12)10(3-8(6)11)13-4-7-5-16-15-14-7/h2-3,5,13H,4H2,1H3. The Morgan fingerprint density at radius 2 is 2.12 bits per heavy atom. The van der Waals surface area contributed by atoms with Crippen molar-refractivity contribution in [2.75, 3.05) is 5.32 Å². The highest BCUT2D eigenvalue weighted by Gasteiger charge is 2.07. The quantitative estimate of drug-likeness (QED) is 0.897. The predicted octanol–water partition coefficient (Wildman–Crippen LogP) is 2.74. The molecule has 0 radical (unpaired) electrons. The Morgan fingerprint density at radius 3 is 2.81 bits per heavy atom. The van der Waals surface area contributed by atoms with Crippen LogP contribution in [-0.4, -0.2) is 9.59 Å². The van der Waals surface area contributed by atoms with Crippen molar-refractivity contribution < 1.29 is 8.78 Å². The number of aryl methyl sites for hydroxylation is 1. The van der Waals surface area contributed by atoms with Crippen molar-refractivity contribution in [1.29, 1.82) is 0 Å². The molecule has 84 valence electrons. The molecule has 0 bridgehead atoms. The fourth-order valence-electron chi connectivity index (χ4n) is 1.23. The van der Waals surface area contributed by atoms with Crippen LogP contribution in [0.1, 0.15) is 11.3 Å². The van der Waals surface area contributed by atoms with E-state index in [1.54, 1.807) is 5.38 Å². The van der Waals surface area contributed by atoms with Crippen LogP contribution in [0.25, 0.3) is 0 Å². The van der Waals surface area contributed by atoms with Crippen LogP contribution < -0.4 is 5.32 Å². The SMILES string of the molecule is Cc1cc(F)c(NCc2csnn2)cc1F. The van der Waals surface area contributed by atoms with Gasteiger partial charge in [0.1, 0.15) is 11.6 Å². The summed E-state index contributed by atoms with van der Waals surface area (Å²) in [7, 11) is 0. The molecule has 0 unspecified atom stereocenters. The Balaban J connectivity index is 2.12. The Bertz CT molecular complexity index is 485. The largest absolute Gasteiger partial charge is 0.377 e. The second-order valence-electron chi connectivity index (χ2n) is 3.33. The zero-order valence-corrected chi connectivity index (χ0v) is 9.31. The maximum Gasteiger partial charge on any atom is 0.146 e. The molecule has 0 aliphatic carbocycles. The molecule has 2 rings (SSSR count). The lowest BCUT2D eigenvalue weighted by atomic mass is 10.2. The van der Waals surface area contributed by atoms with Gasteiger partial charge in [0.2, 0.25) is 0 Å².